The summed E-state index contributed by atoms with van der Waals surface area (Å²) < 4.78 is 0. The van der Waals surface area contributed by atoms with Crippen LogP contribution in [0.2, 0.25) is 20.1 Å². The molecule has 1 unspecified atom stereocenters. The number of rotatable bonds is 8. The van der Waals surface area contributed by atoms with Gasteiger partial charge in [-0.25, -0.2) is 0 Å². The molecular formula is C20H18Cl4N2O3. The maximum absolute atomic E-state index is 12.8. The lowest BCUT2D eigenvalue weighted by Gasteiger charge is -2.23. The molecule has 1 atom stereocenters. The summed E-state index contributed by atoms with van der Waals surface area (Å²) in [5, 5.41) is 5.53. The van der Waals surface area contributed by atoms with Crippen LogP contribution in [0, 0.1) is 0 Å². The first-order valence-electron chi connectivity index (χ1n) is 8.46. The van der Waals surface area contributed by atoms with E-state index < -0.39 is 5.92 Å². The van der Waals surface area contributed by atoms with Crippen LogP contribution in [0.1, 0.15) is 28.3 Å². The number of nitrogens with zero attached hydrogens (tertiary/aromatic N) is 2. The van der Waals surface area contributed by atoms with Crippen LogP contribution >= 0.6 is 46.4 Å². The maximum atomic E-state index is 12.8. The molecule has 1 amide bonds. The summed E-state index contributed by atoms with van der Waals surface area (Å²) in [6.45, 7) is 0.107. The van der Waals surface area contributed by atoms with Crippen molar-refractivity contribution in [3.63, 3.8) is 0 Å². The van der Waals surface area contributed by atoms with Gasteiger partial charge in [-0.1, -0.05) is 57.6 Å². The fourth-order valence-corrected chi connectivity index (χ4v) is 3.65. The third kappa shape index (κ3) is 6.34. The zero-order chi connectivity index (χ0) is 21.6. The standard InChI is InChI=1S/C20H18Cl4N2O3/c1-26(20(28)13-7-14(21)10-15(22)8-13)11-19(25-29-2)16(5-6-27)12-3-4-17(23)18(24)9-12/h3-4,6-10,16H,5,11H2,1-2H3. The van der Waals surface area contributed by atoms with Crippen molar-refractivity contribution in [2.45, 2.75) is 12.3 Å². The predicted octanol–water partition coefficient (Wildman–Crippen LogP) is 5.75. The molecule has 29 heavy (non-hydrogen) atoms. The molecule has 0 N–H and O–H groups in total. The Bertz CT molecular complexity index is 914. The first kappa shape index (κ1) is 23.5. The number of hydrogen-bond donors (Lipinski definition) is 0. The minimum absolute atomic E-state index is 0.107. The van der Waals surface area contributed by atoms with E-state index >= 15 is 0 Å². The molecule has 2 aromatic carbocycles. The van der Waals surface area contributed by atoms with E-state index in [2.05, 4.69) is 5.16 Å². The Kier molecular flexibility index (Phi) is 8.78. The van der Waals surface area contributed by atoms with E-state index in [0.717, 1.165) is 11.8 Å². The summed E-state index contributed by atoms with van der Waals surface area (Å²) in [6, 6.07) is 9.67. The number of carbonyl (C=O) groups is 2. The quantitative estimate of drug-likeness (QED) is 0.277. The molecule has 0 saturated heterocycles. The van der Waals surface area contributed by atoms with Crippen molar-refractivity contribution >= 4 is 64.3 Å². The minimum Gasteiger partial charge on any atom is -0.399 e. The van der Waals surface area contributed by atoms with Crippen molar-refractivity contribution in [3.8, 4) is 0 Å². The summed E-state index contributed by atoms with van der Waals surface area (Å²) in [6.07, 6.45) is 0.905. The molecule has 0 fully saturated rings. The lowest BCUT2D eigenvalue weighted by atomic mass is 9.91. The van der Waals surface area contributed by atoms with Gasteiger partial charge in [0, 0.05) is 35.0 Å². The van der Waals surface area contributed by atoms with Gasteiger partial charge in [0.1, 0.15) is 13.4 Å². The average molecular weight is 476 g/mol. The Morgan fingerprint density at radius 1 is 1.10 bits per heavy atom. The predicted molar refractivity (Wildman–Crippen MR) is 118 cm³/mol. The molecule has 0 aliphatic rings. The summed E-state index contributed by atoms with van der Waals surface area (Å²) in [5.74, 6) is -0.752. The third-order valence-electron chi connectivity index (χ3n) is 4.14. The molecule has 154 valence electrons. The number of amides is 1. The van der Waals surface area contributed by atoms with E-state index in [-0.39, 0.29) is 18.9 Å². The van der Waals surface area contributed by atoms with Crippen LogP contribution in [0.4, 0.5) is 0 Å². The van der Waals surface area contributed by atoms with Crippen LogP contribution < -0.4 is 0 Å². The van der Waals surface area contributed by atoms with Crippen LogP contribution in [0.25, 0.3) is 0 Å². The SMILES string of the molecule is CON=C(CN(C)C(=O)c1cc(Cl)cc(Cl)c1)C(CC=O)c1ccc(Cl)c(Cl)c1. The lowest BCUT2D eigenvalue weighted by molar-refractivity contribution is -0.107. The first-order chi connectivity index (χ1) is 13.8. The highest BCUT2D eigenvalue weighted by atomic mass is 35.5. The Morgan fingerprint density at radius 3 is 2.31 bits per heavy atom. The zero-order valence-electron chi connectivity index (χ0n) is 15.7. The number of hydrogen-bond acceptors (Lipinski definition) is 4. The van der Waals surface area contributed by atoms with E-state index in [4.69, 9.17) is 51.2 Å². The van der Waals surface area contributed by atoms with Crippen LogP contribution in [0.15, 0.2) is 41.6 Å². The second-order valence-corrected chi connectivity index (χ2v) is 7.90. The molecular weight excluding hydrogens is 458 g/mol. The van der Waals surface area contributed by atoms with Crippen LogP contribution in [0.5, 0.6) is 0 Å². The molecule has 0 aliphatic carbocycles. The Balaban J connectivity index is 2.32. The topological polar surface area (TPSA) is 59.0 Å². The van der Waals surface area contributed by atoms with Crippen LogP contribution in [-0.2, 0) is 9.63 Å². The smallest absolute Gasteiger partial charge is 0.254 e. The van der Waals surface area contributed by atoms with Gasteiger partial charge < -0.3 is 14.5 Å². The number of oxime groups is 1. The fraction of sp³-hybridized carbons (Fsp3) is 0.250. The van der Waals surface area contributed by atoms with E-state index in [1.807, 2.05) is 0 Å². The van der Waals surface area contributed by atoms with Gasteiger partial charge in [-0.2, -0.15) is 0 Å². The molecule has 9 heteroatoms. The summed E-state index contributed by atoms with van der Waals surface area (Å²) in [5.41, 5.74) is 1.54. The van der Waals surface area contributed by atoms with Gasteiger partial charge >= 0.3 is 0 Å². The highest BCUT2D eigenvalue weighted by Crippen LogP contribution is 2.29. The van der Waals surface area contributed by atoms with Gasteiger partial charge in [0.05, 0.1) is 22.3 Å². The van der Waals surface area contributed by atoms with E-state index in [0.29, 0.717) is 31.4 Å². The summed E-state index contributed by atoms with van der Waals surface area (Å²) >= 11 is 24.1. The van der Waals surface area contributed by atoms with E-state index in [1.165, 1.54) is 24.1 Å². The van der Waals surface area contributed by atoms with Crippen LogP contribution in [-0.4, -0.2) is 43.5 Å². The van der Waals surface area contributed by atoms with E-state index in [9.17, 15) is 9.59 Å². The van der Waals surface area contributed by atoms with Crippen molar-refractivity contribution in [3.05, 3.63) is 67.6 Å². The van der Waals surface area contributed by atoms with Crippen molar-refractivity contribution in [2.24, 2.45) is 5.16 Å². The molecule has 2 rings (SSSR count). The number of halogens is 4. The molecule has 0 radical (unpaired) electrons. The Hall–Kier alpha value is -1.79. The number of benzene rings is 2. The van der Waals surface area contributed by atoms with E-state index in [1.54, 1.807) is 31.3 Å². The van der Waals surface area contributed by atoms with Crippen LogP contribution in [0.3, 0.4) is 0 Å². The zero-order valence-corrected chi connectivity index (χ0v) is 18.7. The maximum Gasteiger partial charge on any atom is 0.254 e. The van der Waals surface area contributed by atoms with Gasteiger partial charge in [0.25, 0.3) is 5.91 Å². The van der Waals surface area contributed by atoms with Gasteiger partial charge in [-0.15, -0.1) is 0 Å². The minimum atomic E-state index is -0.444. The second-order valence-electron chi connectivity index (χ2n) is 6.21. The highest BCUT2D eigenvalue weighted by Gasteiger charge is 2.24. The molecule has 2 aromatic rings. The third-order valence-corrected chi connectivity index (χ3v) is 5.32. The van der Waals surface area contributed by atoms with Gasteiger partial charge in [0.2, 0.25) is 0 Å². The monoisotopic (exact) mass is 474 g/mol. The second kappa shape index (κ2) is 10.8. The first-order valence-corrected chi connectivity index (χ1v) is 9.98. The van der Waals surface area contributed by atoms with Crippen molar-refractivity contribution in [2.75, 3.05) is 20.7 Å². The molecule has 5 nitrogen and oxygen atoms in total. The average Bonchev–Trinajstić information content (AvgIpc) is 2.66. The van der Waals surface area contributed by atoms with Gasteiger partial charge in [-0.3, -0.25) is 4.79 Å². The van der Waals surface area contributed by atoms with Crippen molar-refractivity contribution in [1.29, 1.82) is 0 Å². The molecule has 0 heterocycles. The molecule has 0 spiro atoms. The number of aldehydes is 1. The van der Waals surface area contributed by atoms with Gasteiger partial charge in [0.15, 0.2) is 0 Å². The molecule has 0 bridgehead atoms. The van der Waals surface area contributed by atoms with Crippen molar-refractivity contribution < 1.29 is 14.4 Å². The Labute approximate surface area is 189 Å². The fourth-order valence-electron chi connectivity index (χ4n) is 2.82. The lowest BCUT2D eigenvalue weighted by Crippen LogP contribution is -2.35. The summed E-state index contributed by atoms with van der Waals surface area (Å²) in [4.78, 5) is 30.5. The van der Waals surface area contributed by atoms with Crippen molar-refractivity contribution in [1.82, 2.24) is 4.90 Å². The molecule has 0 aromatic heterocycles. The summed E-state index contributed by atoms with van der Waals surface area (Å²) in [7, 11) is 3.00. The number of carbonyl (C=O) groups excluding carboxylic acids is 2. The van der Waals surface area contributed by atoms with Gasteiger partial charge in [-0.05, 0) is 35.9 Å². The molecule has 0 saturated carbocycles. The normalized spacial score (nSPS) is 12.4. The highest BCUT2D eigenvalue weighted by molar-refractivity contribution is 6.42. The largest absolute Gasteiger partial charge is 0.399 e. The Morgan fingerprint density at radius 2 is 1.76 bits per heavy atom. The molecule has 0 aliphatic heterocycles.